The van der Waals surface area contributed by atoms with Crippen LogP contribution in [0.2, 0.25) is 0 Å². The number of pyridine rings is 1. The lowest BCUT2D eigenvalue weighted by Gasteiger charge is -2.33. The van der Waals surface area contributed by atoms with E-state index >= 15 is 0 Å². The van der Waals surface area contributed by atoms with Crippen molar-refractivity contribution in [3.05, 3.63) is 72.6 Å². The van der Waals surface area contributed by atoms with Crippen LogP contribution in [0.3, 0.4) is 0 Å². The van der Waals surface area contributed by atoms with E-state index in [2.05, 4.69) is 36.9 Å². The highest BCUT2D eigenvalue weighted by Gasteiger charge is 2.25. The zero-order valence-corrected chi connectivity index (χ0v) is 17.7. The van der Waals surface area contributed by atoms with Crippen LogP contribution in [0.4, 0.5) is 0 Å². The van der Waals surface area contributed by atoms with Crippen molar-refractivity contribution < 1.29 is 14.2 Å². The number of nitrogens with zero attached hydrogens (tertiary/aromatic N) is 2. The van der Waals surface area contributed by atoms with Gasteiger partial charge in [-0.2, -0.15) is 0 Å². The molecule has 0 spiro atoms. The van der Waals surface area contributed by atoms with E-state index in [-0.39, 0.29) is 6.10 Å². The summed E-state index contributed by atoms with van der Waals surface area (Å²) in [6.07, 6.45) is 1.84. The van der Waals surface area contributed by atoms with Gasteiger partial charge in [0.05, 0.1) is 12.8 Å². The molecular weight excluding hydrogens is 376 g/mol. The molecule has 1 aliphatic rings. The van der Waals surface area contributed by atoms with Gasteiger partial charge in [-0.1, -0.05) is 30.3 Å². The van der Waals surface area contributed by atoms with Crippen LogP contribution in [0, 0.1) is 0 Å². The maximum absolute atomic E-state index is 6.19. The summed E-state index contributed by atoms with van der Waals surface area (Å²) >= 11 is 0. The second kappa shape index (κ2) is 9.18. The van der Waals surface area contributed by atoms with Crippen LogP contribution in [0.25, 0.3) is 11.1 Å². The molecule has 30 heavy (non-hydrogen) atoms. The van der Waals surface area contributed by atoms with Gasteiger partial charge >= 0.3 is 0 Å². The van der Waals surface area contributed by atoms with E-state index in [9.17, 15) is 0 Å². The second-order valence-corrected chi connectivity index (χ2v) is 7.75. The van der Waals surface area contributed by atoms with E-state index in [1.54, 1.807) is 7.11 Å². The Labute approximate surface area is 178 Å². The first-order valence-electron chi connectivity index (χ1n) is 10.3. The molecular formula is C25H28N2O3. The Bertz CT molecular complexity index is 972. The predicted molar refractivity (Wildman–Crippen MR) is 118 cm³/mol. The highest BCUT2D eigenvalue weighted by atomic mass is 16.6. The van der Waals surface area contributed by atoms with Crippen molar-refractivity contribution in [3.63, 3.8) is 0 Å². The lowest BCUT2D eigenvalue weighted by molar-refractivity contribution is 0.0465. The van der Waals surface area contributed by atoms with E-state index in [0.717, 1.165) is 47.2 Å². The molecule has 0 aliphatic carbocycles. The highest BCUT2D eigenvalue weighted by Crippen LogP contribution is 2.31. The van der Waals surface area contributed by atoms with Crippen LogP contribution in [0.5, 0.6) is 17.2 Å². The van der Waals surface area contributed by atoms with Crippen molar-refractivity contribution in [2.45, 2.75) is 32.5 Å². The van der Waals surface area contributed by atoms with Crippen molar-refractivity contribution in [1.29, 1.82) is 0 Å². The van der Waals surface area contributed by atoms with E-state index < -0.39 is 0 Å². The summed E-state index contributed by atoms with van der Waals surface area (Å²) in [5.41, 5.74) is 3.32. The van der Waals surface area contributed by atoms with Crippen LogP contribution in [-0.2, 0) is 6.54 Å². The topological polar surface area (TPSA) is 43.8 Å². The Hall–Kier alpha value is -3.05. The standard InChI is InChI=1S/C25H28N2O3/c1-18(2)27(15-21-17-29-24-8-4-5-9-25(24)30-21)16-23-22(7-6-14-26-23)19-10-12-20(28-3)13-11-19/h4-14,18,21H,15-17H2,1-3H3. The SMILES string of the molecule is COc1ccc(-c2cccnc2CN(CC2COc3ccccc3O2)C(C)C)cc1. The number of hydrogen-bond acceptors (Lipinski definition) is 5. The molecule has 0 radical (unpaired) electrons. The van der Waals surface area contributed by atoms with Crippen molar-refractivity contribution in [2.24, 2.45) is 0 Å². The molecule has 3 aromatic rings. The molecule has 156 valence electrons. The Morgan fingerprint density at radius 3 is 2.53 bits per heavy atom. The van der Waals surface area contributed by atoms with Gasteiger partial charge in [0.15, 0.2) is 11.5 Å². The number of hydrogen-bond donors (Lipinski definition) is 0. The van der Waals surface area contributed by atoms with Gasteiger partial charge in [-0.05, 0) is 49.7 Å². The quantitative estimate of drug-likeness (QED) is 0.566. The first-order valence-corrected chi connectivity index (χ1v) is 10.3. The molecule has 1 atom stereocenters. The molecule has 1 aliphatic heterocycles. The summed E-state index contributed by atoms with van der Waals surface area (Å²) in [5.74, 6) is 2.48. The number of aromatic nitrogens is 1. The van der Waals surface area contributed by atoms with Gasteiger partial charge in [-0.25, -0.2) is 0 Å². The van der Waals surface area contributed by atoms with Gasteiger partial charge in [0, 0.05) is 30.9 Å². The van der Waals surface area contributed by atoms with Gasteiger partial charge < -0.3 is 14.2 Å². The summed E-state index contributed by atoms with van der Waals surface area (Å²) in [4.78, 5) is 7.09. The van der Waals surface area contributed by atoms with Crippen LogP contribution in [0.15, 0.2) is 66.9 Å². The molecule has 2 aromatic carbocycles. The number of fused-ring (bicyclic) bond motifs is 1. The van der Waals surface area contributed by atoms with E-state index in [1.807, 2.05) is 48.7 Å². The van der Waals surface area contributed by atoms with Crippen LogP contribution >= 0.6 is 0 Å². The molecule has 0 fully saturated rings. The number of benzene rings is 2. The van der Waals surface area contributed by atoms with Crippen LogP contribution < -0.4 is 14.2 Å². The maximum atomic E-state index is 6.19. The lowest BCUT2D eigenvalue weighted by atomic mass is 10.0. The third kappa shape index (κ3) is 4.57. The lowest BCUT2D eigenvalue weighted by Crippen LogP contribution is -2.43. The Morgan fingerprint density at radius 1 is 1.03 bits per heavy atom. The first kappa shape index (κ1) is 20.2. The Kier molecular flexibility index (Phi) is 6.19. The molecule has 1 aromatic heterocycles. The fraction of sp³-hybridized carbons (Fsp3) is 0.320. The molecule has 2 heterocycles. The fourth-order valence-electron chi connectivity index (χ4n) is 3.66. The third-order valence-electron chi connectivity index (χ3n) is 5.38. The number of para-hydroxylation sites is 2. The minimum atomic E-state index is -0.0181. The summed E-state index contributed by atoms with van der Waals surface area (Å²) in [6.45, 7) is 6.46. The molecule has 0 amide bonds. The highest BCUT2D eigenvalue weighted by molar-refractivity contribution is 5.66. The van der Waals surface area contributed by atoms with Crippen molar-refractivity contribution >= 4 is 0 Å². The number of ether oxygens (including phenoxy) is 3. The predicted octanol–water partition coefficient (Wildman–Crippen LogP) is 4.81. The third-order valence-corrected chi connectivity index (χ3v) is 5.38. The van der Waals surface area contributed by atoms with Gasteiger partial charge in [-0.15, -0.1) is 0 Å². The molecule has 0 saturated heterocycles. The smallest absolute Gasteiger partial charge is 0.161 e. The monoisotopic (exact) mass is 404 g/mol. The minimum Gasteiger partial charge on any atom is -0.497 e. The normalized spacial score (nSPS) is 15.4. The Balaban J connectivity index is 1.51. The summed E-state index contributed by atoms with van der Waals surface area (Å²) in [5, 5.41) is 0. The zero-order valence-electron chi connectivity index (χ0n) is 17.7. The maximum Gasteiger partial charge on any atom is 0.161 e. The molecule has 5 heteroatoms. The first-order chi connectivity index (χ1) is 14.6. The molecule has 0 bridgehead atoms. The van der Waals surface area contributed by atoms with Crippen molar-refractivity contribution in [2.75, 3.05) is 20.3 Å². The zero-order chi connectivity index (χ0) is 20.9. The molecule has 5 nitrogen and oxygen atoms in total. The summed E-state index contributed by atoms with van der Waals surface area (Å²) < 4.78 is 17.4. The average molecular weight is 405 g/mol. The van der Waals surface area contributed by atoms with Crippen LogP contribution in [0.1, 0.15) is 19.5 Å². The van der Waals surface area contributed by atoms with E-state index in [1.165, 1.54) is 0 Å². The van der Waals surface area contributed by atoms with Crippen molar-refractivity contribution in [3.8, 4) is 28.4 Å². The summed E-state index contributed by atoms with van der Waals surface area (Å²) in [7, 11) is 1.68. The minimum absolute atomic E-state index is 0.0181. The van der Waals surface area contributed by atoms with Gasteiger partial charge in [0.2, 0.25) is 0 Å². The second-order valence-electron chi connectivity index (χ2n) is 7.75. The molecule has 1 unspecified atom stereocenters. The average Bonchev–Trinajstić information content (AvgIpc) is 2.79. The fourth-order valence-corrected chi connectivity index (χ4v) is 3.66. The van der Waals surface area contributed by atoms with Crippen molar-refractivity contribution in [1.82, 2.24) is 9.88 Å². The van der Waals surface area contributed by atoms with Crippen LogP contribution in [-0.4, -0.2) is 42.3 Å². The summed E-state index contributed by atoms with van der Waals surface area (Å²) in [6, 6.07) is 20.4. The number of rotatable bonds is 7. The Morgan fingerprint density at radius 2 is 1.80 bits per heavy atom. The van der Waals surface area contributed by atoms with Gasteiger partial charge in [0.25, 0.3) is 0 Å². The van der Waals surface area contributed by atoms with Gasteiger partial charge in [0.1, 0.15) is 18.5 Å². The molecule has 4 rings (SSSR count). The molecule has 0 saturated carbocycles. The van der Waals surface area contributed by atoms with E-state index in [4.69, 9.17) is 19.2 Å². The van der Waals surface area contributed by atoms with Gasteiger partial charge in [-0.3, -0.25) is 9.88 Å². The van der Waals surface area contributed by atoms with E-state index in [0.29, 0.717) is 12.6 Å². The number of methoxy groups -OCH3 is 1. The largest absolute Gasteiger partial charge is 0.497 e. The molecule has 0 N–H and O–H groups in total.